The predicted octanol–water partition coefficient (Wildman–Crippen LogP) is 0.814. The lowest BCUT2D eigenvalue weighted by Crippen LogP contribution is -2.44. The van der Waals surface area contributed by atoms with E-state index < -0.39 is 0 Å². The molecule has 1 fully saturated rings. The molecule has 0 aromatic carbocycles. The largest absolute Gasteiger partial charge is 0.453 e. The Hall–Kier alpha value is -0.770. The van der Waals surface area contributed by atoms with E-state index >= 15 is 0 Å². The van der Waals surface area contributed by atoms with Gasteiger partial charge in [0.05, 0.1) is 7.11 Å². The van der Waals surface area contributed by atoms with Crippen molar-refractivity contribution in [3.8, 4) is 0 Å². The third kappa shape index (κ3) is 2.34. The Kier molecular flexibility index (Phi) is 3.14. The first-order valence-electron chi connectivity index (χ1n) is 4.64. The summed E-state index contributed by atoms with van der Waals surface area (Å²) in [5, 5.41) is 0. The minimum Gasteiger partial charge on any atom is -0.453 e. The highest BCUT2D eigenvalue weighted by Crippen LogP contribution is 2.29. The lowest BCUT2D eigenvalue weighted by molar-refractivity contribution is 0.0869. The number of amides is 1. The van der Waals surface area contributed by atoms with E-state index in [1.807, 2.05) is 0 Å². The van der Waals surface area contributed by atoms with Gasteiger partial charge >= 0.3 is 6.09 Å². The first-order chi connectivity index (χ1) is 6.11. The van der Waals surface area contributed by atoms with Crippen LogP contribution >= 0.6 is 0 Å². The molecule has 0 bridgehead atoms. The van der Waals surface area contributed by atoms with Crippen LogP contribution in [0.1, 0.15) is 19.8 Å². The standard InChI is InChI=1S/C9H18N2O2/c1-9(7-10)3-5-11(6-4-9)8(12)13-2/h3-7,10H2,1-2H3. The highest BCUT2D eigenvalue weighted by atomic mass is 16.5. The number of piperidine rings is 1. The highest BCUT2D eigenvalue weighted by Gasteiger charge is 2.30. The SMILES string of the molecule is COC(=O)N1CCC(C)(CN)CC1. The number of nitrogens with two attached hydrogens (primary N) is 1. The second-order valence-electron chi connectivity index (χ2n) is 3.97. The molecule has 76 valence electrons. The number of hydrogen-bond donors (Lipinski definition) is 1. The molecule has 13 heavy (non-hydrogen) atoms. The van der Waals surface area contributed by atoms with Crippen LogP contribution in [0.4, 0.5) is 4.79 Å². The fraction of sp³-hybridized carbons (Fsp3) is 0.889. The van der Waals surface area contributed by atoms with Crippen LogP contribution in [0.15, 0.2) is 0 Å². The molecule has 1 amide bonds. The molecule has 1 heterocycles. The summed E-state index contributed by atoms with van der Waals surface area (Å²) in [7, 11) is 1.42. The van der Waals surface area contributed by atoms with Crippen LogP contribution in [0.2, 0.25) is 0 Å². The van der Waals surface area contributed by atoms with Crippen molar-refractivity contribution in [2.45, 2.75) is 19.8 Å². The van der Waals surface area contributed by atoms with E-state index in [4.69, 9.17) is 5.73 Å². The molecule has 0 aliphatic carbocycles. The Balaban J connectivity index is 2.43. The van der Waals surface area contributed by atoms with Crippen molar-refractivity contribution in [1.82, 2.24) is 4.90 Å². The molecular formula is C9H18N2O2. The summed E-state index contributed by atoms with van der Waals surface area (Å²) in [5.74, 6) is 0. The zero-order valence-corrected chi connectivity index (χ0v) is 8.38. The molecule has 0 spiro atoms. The third-order valence-electron chi connectivity index (χ3n) is 2.90. The fourth-order valence-corrected chi connectivity index (χ4v) is 1.56. The van der Waals surface area contributed by atoms with Gasteiger partial charge in [0.15, 0.2) is 0 Å². The van der Waals surface area contributed by atoms with Gasteiger partial charge in [-0.2, -0.15) is 0 Å². The Morgan fingerprint density at radius 2 is 2.08 bits per heavy atom. The van der Waals surface area contributed by atoms with Crippen LogP contribution in [0.5, 0.6) is 0 Å². The van der Waals surface area contributed by atoms with Crippen LogP contribution in [-0.2, 0) is 4.74 Å². The summed E-state index contributed by atoms with van der Waals surface area (Å²) in [4.78, 5) is 12.9. The fourth-order valence-electron chi connectivity index (χ4n) is 1.56. The number of methoxy groups -OCH3 is 1. The number of ether oxygens (including phenoxy) is 1. The number of carbonyl (C=O) groups is 1. The molecule has 0 unspecified atom stereocenters. The van der Waals surface area contributed by atoms with Crippen molar-refractivity contribution in [1.29, 1.82) is 0 Å². The normalized spacial score (nSPS) is 21.3. The lowest BCUT2D eigenvalue weighted by Gasteiger charge is -2.37. The maximum Gasteiger partial charge on any atom is 0.409 e. The van der Waals surface area contributed by atoms with Gasteiger partial charge in [0.1, 0.15) is 0 Å². The third-order valence-corrected chi connectivity index (χ3v) is 2.90. The van der Waals surface area contributed by atoms with Crippen LogP contribution in [0, 0.1) is 5.41 Å². The molecule has 0 radical (unpaired) electrons. The van der Waals surface area contributed by atoms with Crippen molar-refractivity contribution < 1.29 is 9.53 Å². The zero-order chi connectivity index (χ0) is 9.90. The van der Waals surface area contributed by atoms with E-state index in [-0.39, 0.29) is 11.5 Å². The minimum atomic E-state index is -0.223. The molecule has 1 aliphatic heterocycles. The first-order valence-corrected chi connectivity index (χ1v) is 4.64. The molecule has 0 saturated carbocycles. The first kappa shape index (κ1) is 10.3. The van der Waals surface area contributed by atoms with Gasteiger partial charge in [-0.1, -0.05) is 6.92 Å². The number of likely N-dealkylation sites (tertiary alicyclic amines) is 1. The van der Waals surface area contributed by atoms with Gasteiger partial charge in [0.2, 0.25) is 0 Å². The summed E-state index contributed by atoms with van der Waals surface area (Å²) in [6.07, 6.45) is 1.72. The van der Waals surface area contributed by atoms with Crippen LogP contribution in [0.25, 0.3) is 0 Å². The molecule has 0 aromatic rings. The van der Waals surface area contributed by atoms with E-state index in [9.17, 15) is 4.79 Å². The van der Waals surface area contributed by atoms with Crippen molar-refractivity contribution in [2.75, 3.05) is 26.7 Å². The lowest BCUT2D eigenvalue weighted by atomic mass is 9.81. The number of nitrogens with zero attached hydrogens (tertiary/aromatic N) is 1. The zero-order valence-electron chi connectivity index (χ0n) is 8.38. The van der Waals surface area contributed by atoms with Crippen molar-refractivity contribution >= 4 is 6.09 Å². The van der Waals surface area contributed by atoms with Crippen LogP contribution < -0.4 is 5.73 Å². The maximum absolute atomic E-state index is 11.1. The summed E-state index contributed by atoms with van der Waals surface area (Å²) < 4.78 is 4.65. The molecule has 1 saturated heterocycles. The smallest absolute Gasteiger partial charge is 0.409 e. The molecule has 2 N–H and O–H groups in total. The molecule has 0 atom stereocenters. The monoisotopic (exact) mass is 186 g/mol. The van der Waals surface area contributed by atoms with Gasteiger partial charge in [0, 0.05) is 13.1 Å². The number of hydrogen-bond acceptors (Lipinski definition) is 3. The van der Waals surface area contributed by atoms with Gasteiger partial charge in [-0.25, -0.2) is 4.79 Å². The number of rotatable bonds is 1. The highest BCUT2D eigenvalue weighted by molar-refractivity contribution is 5.67. The quantitative estimate of drug-likeness (QED) is 0.659. The van der Waals surface area contributed by atoms with Crippen LogP contribution in [0.3, 0.4) is 0 Å². The van der Waals surface area contributed by atoms with Gasteiger partial charge < -0.3 is 15.4 Å². The summed E-state index contributed by atoms with van der Waals surface area (Å²) in [6, 6.07) is 0. The maximum atomic E-state index is 11.1. The van der Waals surface area contributed by atoms with Gasteiger partial charge in [-0.05, 0) is 24.8 Å². The van der Waals surface area contributed by atoms with Crippen molar-refractivity contribution in [3.05, 3.63) is 0 Å². The van der Waals surface area contributed by atoms with Crippen molar-refractivity contribution in [2.24, 2.45) is 11.1 Å². The van der Waals surface area contributed by atoms with Crippen molar-refractivity contribution in [3.63, 3.8) is 0 Å². The second-order valence-corrected chi connectivity index (χ2v) is 3.97. The van der Waals surface area contributed by atoms with E-state index in [1.165, 1.54) is 7.11 Å². The Bertz CT molecular complexity index is 186. The van der Waals surface area contributed by atoms with E-state index in [0.29, 0.717) is 6.54 Å². The Labute approximate surface area is 79.0 Å². The molecular weight excluding hydrogens is 168 g/mol. The van der Waals surface area contributed by atoms with E-state index in [1.54, 1.807) is 4.90 Å². The molecule has 4 nitrogen and oxygen atoms in total. The van der Waals surface area contributed by atoms with Gasteiger partial charge in [-0.15, -0.1) is 0 Å². The molecule has 0 aromatic heterocycles. The summed E-state index contributed by atoms with van der Waals surface area (Å²) in [5.41, 5.74) is 5.87. The topological polar surface area (TPSA) is 55.6 Å². The average molecular weight is 186 g/mol. The van der Waals surface area contributed by atoms with Crippen LogP contribution in [-0.4, -0.2) is 37.7 Å². The molecule has 4 heteroatoms. The van der Waals surface area contributed by atoms with Gasteiger partial charge in [0.25, 0.3) is 0 Å². The minimum absolute atomic E-state index is 0.213. The molecule has 1 rings (SSSR count). The predicted molar refractivity (Wildman–Crippen MR) is 50.4 cm³/mol. The van der Waals surface area contributed by atoms with E-state index in [0.717, 1.165) is 25.9 Å². The Morgan fingerprint density at radius 3 is 2.46 bits per heavy atom. The number of carbonyl (C=O) groups excluding carboxylic acids is 1. The van der Waals surface area contributed by atoms with Gasteiger partial charge in [-0.3, -0.25) is 0 Å². The average Bonchev–Trinajstić information content (AvgIpc) is 2.18. The molecule has 1 aliphatic rings. The summed E-state index contributed by atoms with van der Waals surface area (Å²) >= 11 is 0. The summed E-state index contributed by atoms with van der Waals surface area (Å²) in [6.45, 7) is 4.39. The second kappa shape index (κ2) is 3.96. The van der Waals surface area contributed by atoms with E-state index in [2.05, 4.69) is 11.7 Å². The Morgan fingerprint density at radius 1 is 1.54 bits per heavy atom.